The van der Waals surface area contributed by atoms with Gasteiger partial charge in [0.1, 0.15) is 5.92 Å². The van der Waals surface area contributed by atoms with Crippen molar-refractivity contribution in [2.45, 2.75) is 5.16 Å². The molecule has 1 aromatic heterocycles. The van der Waals surface area contributed by atoms with Gasteiger partial charge in [-0.2, -0.15) is 5.26 Å². The molecule has 0 amide bonds. The maximum atomic E-state index is 12.0. The lowest BCUT2D eigenvalue weighted by Crippen LogP contribution is -2.21. The highest BCUT2D eigenvalue weighted by Gasteiger charge is 2.21. The number of ketones is 1. The van der Waals surface area contributed by atoms with Crippen molar-refractivity contribution in [2.24, 2.45) is 11.7 Å². The van der Waals surface area contributed by atoms with Crippen LogP contribution >= 0.6 is 35.0 Å². The number of Topliss-reactive ketones (excluding diaryl/α,β-unsaturated/α-hetero) is 1. The molecule has 0 saturated heterocycles. The average molecular weight is 383 g/mol. The van der Waals surface area contributed by atoms with Crippen molar-refractivity contribution in [2.75, 3.05) is 11.6 Å². The summed E-state index contributed by atoms with van der Waals surface area (Å²) in [6.07, 6.45) is 0. The molecule has 0 saturated carbocycles. The molecule has 1 atom stereocenters. The van der Waals surface area contributed by atoms with Gasteiger partial charge >= 0.3 is 0 Å². The van der Waals surface area contributed by atoms with Gasteiger partial charge in [0.25, 0.3) is 0 Å². The molecule has 10 heteroatoms. The number of halogens is 2. The summed E-state index contributed by atoms with van der Waals surface area (Å²) in [5.74, 6) is 4.80. The maximum absolute atomic E-state index is 12.0. The molecule has 0 bridgehead atoms. The molecule has 0 fully saturated rings. The summed E-state index contributed by atoms with van der Waals surface area (Å²) in [5, 5.41) is 18.0. The number of thioether (sulfide) groups is 1. The molecule has 1 heterocycles. The molecule has 0 unspecified atom stereocenters. The van der Waals surface area contributed by atoms with Crippen molar-refractivity contribution < 1.29 is 4.79 Å². The van der Waals surface area contributed by atoms with Gasteiger partial charge in [-0.1, -0.05) is 41.5 Å². The Hall–Kier alpha value is -2.21. The summed E-state index contributed by atoms with van der Waals surface area (Å²) in [7, 11) is 0. The minimum atomic E-state index is -1.06. The Morgan fingerprint density at radius 1 is 1.46 bits per heavy atom. The van der Waals surface area contributed by atoms with Crippen LogP contribution in [0.25, 0.3) is 11.4 Å². The third-order valence-corrected chi connectivity index (χ3v) is 4.52. The standard InChI is InChI=1S/C14H12Cl2N6OS/c1-7(18)10(5-17)12(23)6-24-14-21-20-13(22(14)19)9-3-2-8(15)4-11(9)16/h2-4,10H,1,6,18-19H2/t10-/m1/s1. The average Bonchev–Trinajstić information content (AvgIpc) is 2.86. The molecule has 1 aromatic carbocycles. The Balaban J connectivity index is 2.18. The number of nitrogens with two attached hydrogens (primary N) is 2. The molecule has 2 rings (SSSR count). The number of allylic oxidation sites excluding steroid dienone is 1. The number of hydrogen-bond acceptors (Lipinski definition) is 7. The summed E-state index contributed by atoms with van der Waals surface area (Å²) < 4.78 is 1.21. The zero-order chi connectivity index (χ0) is 17.9. The van der Waals surface area contributed by atoms with E-state index in [2.05, 4.69) is 16.8 Å². The van der Waals surface area contributed by atoms with Gasteiger partial charge < -0.3 is 11.6 Å². The van der Waals surface area contributed by atoms with E-state index in [1.807, 2.05) is 0 Å². The molecule has 0 aliphatic heterocycles. The second-order valence-corrected chi connectivity index (χ2v) is 6.48. The lowest BCUT2D eigenvalue weighted by Gasteiger charge is -2.07. The third kappa shape index (κ3) is 3.82. The highest BCUT2D eigenvalue weighted by Crippen LogP contribution is 2.30. The number of aromatic nitrogens is 3. The zero-order valence-corrected chi connectivity index (χ0v) is 14.6. The first-order valence-corrected chi connectivity index (χ1v) is 8.24. The predicted octanol–water partition coefficient (Wildman–Crippen LogP) is 2.24. The largest absolute Gasteiger partial charge is 0.401 e. The van der Waals surface area contributed by atoms with Crippen molar-refractivity contribution in [1.82, 2.24) is 14.9 Å². The first-order chi connectivity index (χ1) is 11.3. The molecular formula is C14H12Cl2N6OS. The topological polar surface area (TPSA) is 124 Å². The second-order valence-electron chi connectivity index (χ2n) is 4.69. The molecule has 4 N–H and O–H groups in total. The normalized spacial score (nSPS) is 11.7. The van der Waals surface area contributed by atoms with Crippen LogP contribution in [0.1, 0.15) is 0 Å². The van der Waals surface area contributed by atoms with Crippen LogP contribution in [0, 0.1) is 17.2 Å². The van der Waals surface area contributed by atoms with Crippen LogP contribution in [-0.4, -0.2) is 26.4 Å². The summed E-state index contributed by atoms with van der Waals surface area (Å²) in [5.41, 5.74) is 5.99. The van der Waals surface area contributed by atoms with Crippen molar-refractivity contribution in [3.05, 3.63) is 40.5 Å². The van der Waals surface area contributed by atoms with Gasteiger partial charge in [0.15, 0.2) is 11.6 Å². The lowest BCUT2D eigenvalue weighted by atomic mass is 10.1. The van der Waals surface area contributed by atoms with E-state index in [9.17, 15) is 4.79 Å². The second kappa shape index (κ2) is 7.57. The summed E-state index contributed by atoms with van der Waals surface area (Å²) in [6, 6.07) is 6.69. The van der Waals surface area contributed by atoms with E-state index in [0.717, 1.165) is 11.8 Å². The highest BCUT2D eigenvalue weighted by atomic mass is 35.5. The molecule has 0 aliphatic rings. The van der Waals surface area contributed by atoms with Crippen molar-refractivity contribution in [3.63, 3.8) is 0 Å². The molecule has 7 nitrogen and oxygen atoms in total. The van der Waals surface area contributed by atoms with Crippen molar-refractivity contribution >= 4 is 40.7 Å². The summed E-state index contributed by atoms with van der Waals surface area (Å²) >= 11 is 13.0. The SMILES string of the molecule is C=C(N)[C@@H](C#N)C(=O)CSc1nnc(-c2ccc(Cl)cc2Cl)n1N. The number of nitriles is 1. The Morgan fingerprint density at radius 3 is 2.75 bits per heavy atom. The summed E-state index contributed by atoms with van der Waals surface area (Å²) in [4.78, 5) is 12.0. The summed E-state index contributed by atoms with van der Waals surface area (Å²) in [6.45, 7) is 3.42. The molecule has 0 aliphatic carbocycles. The van der Waals surface area contributed by atoms with Crippen LogP contribution in [0.2, 0.25) is 10.0 Å². The first-order valence-electron chi connectivity index (χ1n) is 6.50. The van der Waals surface area contributed by atoms with Crippen LogP contribution in [-0.2, 0) is 4.79 Å². The fourth-order valence-electron chi connectivity index (χ4n) is 1.81. The minimum absolute atomic E-state index is 0.00551. The molecule has 0 radical (unpaired) electrons. The van der Waals surface area contributed by atoms with E-state index < -0.39 is 5.92 Å². The quantitative estimate of drug-likeness (QED) is 0.579. The molecule has 2 aromatic rings. The van der Waals surface area contributed by atoms with Crippen molar-refractivity contribution in [3.8, 4) is 17.5 Å². The smallest absolute Gasteiger partial charge is 0.210 e. The van der Waals surface area contributed by atoms with Gasteiger partial charge in [0.05, 0.1) is 16.8 Å². The number of carbonyl (C=O) groups excluding carboxylic acids is 1. The highest BCUT2D eigenvalue weighted by molar-refractivity contribution is 7.99. The number of carbonyl (C=O) groups is 1. The van der Waals surface area contributed by atoms with Crippen LogP contribution in [0.5, 0.6) is 0 Å². The van der Waals surface area contributed by atoms with E-state index >= 15 is 0 Å². The maximum Gasteiger partial charge on any atom is 0.210 e. The molecule has 24 heavy (non-hydrogen) atoms. The van der Waals surface area contributed by atoms with Gasteiger partial charge in [0, 0.05) is 16.3 Å². The number of nitrogens with zero attached hydrogens (tertiary/aromatic N) is 4. The zero-order valence-electron chi connectivity index (χ0n) is 12.2. The third-order valence-electron chi connectivity index (χ3n) is 3.00. The fraction of sp³-hybridized carbons (Fsp3) is 0.143. The van der Waals surface area contributed by atoms with E-state index in [1.165, 1.54) is 4.68 Å². The van der Waals surface area contributed by atoms with Crippen LogP contribution in [0.15, 0.2) is 35.6 Å². The number of benzene rings is 1. The van der Waals surface area contributed by atoms with E-state index in [4.69, 9.17) is 40.0 Å². The van der Waals surface area contributed by atoms with Gasteiger partial charge in [-0.15, -0.1) is 10.2 Å². The monoisotopic (exact) mass is 382 g/mol. The number of rotatable bonds is 6. The number of hydrogen-bond donors (Lipinski definition) is 2. The van der Waals surface area contributed by atoms with Gasteiger partial charge in [-0.25, -0.2) is 4.68 Å². The first kappa shape index (κ1) is 18.1. The molecular weight excluding hydrogens is 371 g/mol. The Bertz CT molecular complexity index is 844. The minimum Gasteiger partial charge on any atom is -0.401 e. The van der Waals surface area contributed by atoms with E-state index in [-0.39, 0.29) is 17.2 Å². The van der Waals surface area contributed by atoms with Crippen molar-refractivity contribution in [1.29, 1.82) is 5.26 Å². The molecule has 0 spiro atoms. The number of nitrogen functional groups attached to an aromatic ring is 1. The van der Waals surface area contributed by atoms with Crippen LogP contribution in [0.3, 0.4) is 0 Å². The van der Waals surface area contributed by atoms with Gasteiger partial charge in [0.2, 0.25) is 5.16 Å². The van der Waals surface area contributed by atoms with Gasteiger partial charge in [-0.3, -0.25) is 4.79 Å². The predicted molar refractivity (Wildman–Crippen MR) is 93.8 cm³/mol. The fourth-order valence-corrected chi connectivity index (χ4v) is 3.07. The van der Waals surface area contributed by atoms with Crippen LogP contribution < -0.4 is 11.6 Å². The van der Waals surface area contributed by atoms with Crippen LogP contribution in [0.4, 0.5) is 0 Å². The van der Waals surface area contributed by atoms with E-state index in [0.29, 0.717) is 26.6 Å². The Kier molecular flexibility index (Phi) is 5.72. The Labute approximate surface area is 152 Å². The Morgan fingerprint density at radius 2 is 2.17 bits per heavy atom. The van der Waals surface area contributed by atoms with E-state index in [1.54, 1.807) is 24.3 Å². The van der Waals surface area contributed by atoms with Gasteiger partial charge in [-0.05, 0) is 18.2 Å². The lowest BCUT2D eigenvalue weighted by molar-refractivity contribution is -0.117. The molecule has 124 valence electrons.